The van der Waals surface area contributed by atoms with Crippen LogP contribution in [0.2, 0.25) is 0 Å². The number of hydrogen-bond donors (Lipinski definition) is 1. The highest BCUT2D eigenvalue weighted by atomic mass is 16.5. The lowest BCUT2D eigenvalue weighted by Gasteiger charge is -2.12. The molecule has 2 heteroatoms. The zero-order valence-electron chi connectivity index (χ0n) is 10.5. The second kappa shape index (κ2) is 12.0. The molecule has 0 aromatic rings. The number of aliphatic hydroxyl groups is 1. The molecule has 0 spiro atoms. The van der Waals surface area contributed by atoms with Crippen LogP contribution in [-0.2, 0) is 4.74 Å². The van der Waals surface area contributed by atoms with E-state index in [2.05, 4.69) is 13.8 Å². The minimum Gasteiger partial charge on any atom is -0.396 e. The molecule has 0 amide bonds. The molecule has 1 N–H and O–H groups in total. The molecular weight excluding hydrogens is 188 g/mol. The Morgan fingerprint density at radius 2 is 1.73 bits per heavy atom. The predicted molar refractivity (Wildman–Crippen MR) is 65.1 cm³/mol. The Bertz CT molecular complexity index is 115. The molecule has 0 saturated heterocycles. The third-order valence-corrected chi connectivity index (χ3v) is 2.67. The van der Waals surface area contributed by atoms with E-state index in [0.717, 1.165) is 25.9 Å². The molecule has 0 fully saturated rings. The highest BCUT2D eigenvalue weighted by molar-refractivity contribution is 4.51. The predicted octanol–water partition coefficient (Wildman–Crippen LogP) is 3.52. The Balaban J connectivity index is 3.06. The minimum atomic E-state index is 0.328. The van der Waals surface area contributed by atoms with Gasteiger partial charge in [-0.25, -0.2) is 0 Å². The normalized spacial score (nSPS) is 13.0. The van der Waals surface area contributed by atoms with Crippen molar-refractivity contribution >= 4 is 0 Å². The topological polar surface area (TPSA) is 29.5 Å². The molecule has 0 aromatic heterocycles. The fraction of sp³-hybridized carbons (Fsp3) is 1.00. The molecular formula is C13H28O2. The van der Waals surface area contributed by atoms with Gasteiger partial charge in [-0.2, -0.15) is 0 Å². The van der Waals surface area contributed by atoms with Gasteiger partial charge in [-0.15, -0.1) is 0 Å². The monoisotopic (exact) mass is 216 g/mol. The first-order chi connectivity index (χ1) is 7.31. The highest BCUT2D eigenvalue weighted by Gasteiger charge is 2.00. The molecule has 1 atom stereocenters. The highest BCUT2D eigenvalue weighted by Crippen LogP contribution is 2.07. The van der Waals surface area contributed by atoms with Gasteiger partial charge in [0, 0.05) is 13.2 Å². The van der Waals surface area contributed by atoms with Gasteiger partial charge in [-0.05, 0) is 26.2 Å². The molecule has 0 radical (unpaired) electrons. The van der Waals surface area contributed by atoms with Gasteiger partial charge < -0.3 is 9.84 Å². The number of rotatable bonds is 11. The van der Waals surface area contributed by atoms with Gasteiger partial charge in [0.25, 0.3) is 0 Å². The van der Waals surface area contributed by atoms with Crippen LogP contribution in [0.5, 0.6) is 0 Å². The SMILES string of the molecule is CCCCCC(C)OCCCCCCO. The van der Waals surface area contributed by atoms with Crippen molar-refractivity contribution in [2.24, 2.45) is 0 Å². The summed E-state index contributed by atoms with van der Waals surface area (Å²) in [4.78, 5) is 0. The van der Waals surface area contributed by atoms with Crippen LogP contribution in [0.15, 0.2) is 0 Å². The Morgan fingerprint density at radius 3 is 2.40 bits per heavy atom. The molecule has 0 aliphatic heterocycles. The van der Waals surface area contributed by atoms with Crippen LogP contribution >= 0.6 is 0 Å². The van der Waals surface area contributed by atoms with Gasteiger partial charge in [0.05, 0.1) is 6.10 Å². The van der Waals surface area contributed by atoms with Crippen molar-refractivity contribution in [1.29, 1.82) is 0 Å². The van der Waals surface area contributed by atoms with E-state index in [9.17, 15) is 0 Å². The molecule has 0 aromatic carbocycles. The molecule has 0 aliphatic rings. The van der Waals surface area contributed by atoms with Crippen LogP contribution < -0.4 is 0 Å². The van der Waals surface area contributed by atoms with E-state index in [1.54, 1.807) is 0 Å². The number of unbranched alkanes of at least 4 members (excludes halogenated alkanes) is 5. The average molecular weight is 216 g/mol. The Kier molecular flexibility index (Phi) is 11.9. The van der Waals surface area contributed by atoms with Gasteiger partial charge in [-0.3, -0.25) is 0 Å². The van der Waals surface area contributed by atoms with E-state index in [1.165, 1.54) is 32.1 Å². The smallest absolute Gasteiger partial charge is 0.0547 e. The molecule has 0 heterocycles. The van der Waals surface area contributed by atoms with Crippen molar-refractivity contribution in [3.8, 4) is 0 Å². The standard InChI is InChI=1S/C13H28O2/c1-3-4-7-10-13(2)15-12-9-6-5-8-11-14/h13-14H,3-12H2,1-2H3. The lowest BCUT2D eigenvalue weighted by Crippen LogP contribution is -2.09. The molecule has 15 heavy (non-hydrogen) atoms. The van der Waals surface area contributed by atoms with Crippen molar-refractivity contribution < 1.29 is 9.84 Å². The maximum Gasteiger partial charge on any atom is 0.0547 e. The zero-order chi connectivity index (χ0) is 11.4. The van der Waals surface area contributed by atoms with Crippen LogP contribution in [0.1, 0.15) is 65.2 Å². The Labute approximate surface area is 95.0 Å². The first-order valence-corrected chi connectivity index (χ1v) is 6.53. The van der Waals surface area contributed by atoms with Crippen molar-refractivity contribution in [2.75, 3.05) is 13.2 Å². The lowest BCUT2D eigenvalue weighted by atomic mass is 10.1. The summed E-state index contributed by atoms with van der Waals surface area (Å²) < 4.78 is 5.71. The molecule has 92 valence electrons. The van der Waals surface area contributed by atoms with E-state index < -0.39 is 0 Å². The third kappa shape index (κ3) is 11.8. The Hall–Kier alpha value is -0.0800. The van der Waals surface area contributed by atoms with Crippen molar-refractivity contribution in [1.82, 2.24) is 0 Å². The van der Waals surface area contributed by atoms with E-state index in [1.807, 2.05) is 0 Å². The van der Waals surface area contributed by atoms with E-state index in [-0.39, 0.29) is 0 Å². The second-order valence-corrected chi connectivity index (χ2v) is 4.32. The first kappa shape index (κ1) is 14.9. The number of hydrogen-bond acceptors (Lipinski definition) is 2. The van der Waals surface area contributed by atoms with E-state index >= 15 is 0 Å². The second-order valence-electron chi connectivity index (χ2n) is 4.32. The fourth-order valence-corrected chi connectivity index (χ4v) is 1.62. The summed E-state index contributed by atoms with van der Waals surface area (Å²) in [5.41, 5.74) is 0. The van der Waals surface area contributed by atoms with Gasteiger partial charge >= 0.3 is 0 Å². The molecule has 0 rings (SSSR count). The van der Waals surface area contributed by atoms with Crippen molar-refractivity contribution in [2.45, 2.75) is 71.3 Å². The summed E-state index contributed by atoms with van der Waals surface area (Å²) in [6.45, 7) is 5.61. The van der Waals surface area contributed by atoms with Gasteiger partial charge in [-0.1, -0.05) is 39.0 Å². The summed E-state index contributed by atoms with van der Waals surface area (Å²) in [7, 11) is 0. The van der Waals surface area contributed by atoms with Crippen LogP contribution in [0.25, 0.3) is 0 Å². The summed E-state index contributed by atoms with van der Waals surface area (Å²) >= 11 is 0. The summed E-state index contributed by atoms with van der Waals surface area (Å²) in [5.74, 6) is 0. The summed E-state index contributed by atoms with van der Waals surface area (Å²) in [5, 5.41) is 8.60. The lowest BCUT2D eigenvalue weighted by molar-refractivity contribution is 0.0556. The van der Waals surface area contributed by atoms with E-state index in [4.69, 9.17) is 9.84 Å². The molecule has 1 unspecified atom stereocenters. The van der Waals surface area contributed by atoms with Crippen LogP contribution in [-0.4, -0.2) is 24.4 Å². The maximum absolute atomic E-state index is 8.60. The fourth-order valence-electron chi connectivity index (χ4n) is 1.62. The summed E-state index contributed by atoms with van der Waals surface area (Å²) in [6, 6.07) is 0. The van der Waals surface area contributed by atoms with Crippen LogP contribution in [0, 0.1) is 0 Å². The number of ether oxygens (including phenoxy) is 1. The van der Waals surface area contributed by atoms with Crippen molar-refractivity contribution in [3.63, 3.8) is 0 Å². The average Bonchev–Trinajstić information content (AvgIpc) is 2.23. The molecule has 0 bridgehead atoms. The van der Waals surface area contributed by atoms with Gasteiger partial charge in [0.2, 0.25) is 0 Å². The van der Waals surface area contributed by atoms with Gasteiger partial charge in [0.1, 0.15) is 0 Å². The van der Waals surface area contributed by atoms with Crippen molar-refractivity contribution in [3.05, 3.63) is 0 Å². The molecule has 0 aliphatic carbocycles. The van der Waals surface area contributed by atoms with Crippen LogP contribution in [0.3, 0.4) is 0 Å². The summed E-state index contributed by atoms with van der Waals surface area (Å²) in [6.07, 6.45) is 9.91. The molecule has 0 saturated carbocycles. The zero-order valence-corrected chi connectivity index (χ0v) is 10.5. The molecule has 2 nitrogen and oxygen atoms in total. The Morgan fingerprint density at radius 1 is 1.00 bits per heavy atom. The van der Waals surface area contributed by atoms with E-state index in [0.29, 0.717) is 12.7 Å². The quantitative estimate of drug-likeness (QED) is 0.535. The first-order valence-electron chi connectivity index (χ1n) is 6.53. The minimum absolute atomic E-state index is 0.328. The van der Waals surface area contributed by atoms with Crippen LogP contribution in [0.4, 0.5) is 0 Å². The number of aliphatic hydroxyl groups excluding tert-OH is 1. The largest absolute Gasteiger partial charge is 0.396 e. The van der Waals surface area contributed by atoms with Gasteiger partial charge in [0.15, 0.2) is 0 Å². The maximum atomic E-state index is 8.60. The third-order valence-electron chi connectivity index (χ3n) is 2.67.